The lowest BCUT2D eigenvalue weighted by molar-refractivity contribution is -0.137. The first-order chi connectivity index (χ1) is 6.86. The molecule has 0 spiro atoms. The highest BCUT2D eigenvalue weighted by Gasteiger charge is 2.31. The molecule has 0 saturated carbocycles. The van der Waals surface area contributed by atoms with Gasteiger partial charge in [0.1, 0.15) is 0 Å². The maximum absolute atomic E-state index is 12.2. The summed E-state index contributed by atoms with van der Waals surface area (Å²) in [5, 5.41) is 0. The van der Waals surface area contributed by atoms with Gasteiger partial charge >= 0.3 is 6.18 Å². The molecule has 4 nitrogen and oxygen atoms in total. The number of carbonyl (C=O) groups is 1. The summed E-state index contributed by atoms with van der Waals surface area (Å²) in [6, 6.07) is 2.27. The number of rotatable bonds is 2. The highest BCUT2D eigenvalue weighted by Crippen LogP contribution is 2.32. The van der Waals surface area contributed by atoms with Crippen LogP contribution < -0.4 is 16.5 Å². The van der Waals surface area contributed by atoms with Crippen molar-refractivity contribution in [1.29, 1.82) is 0 Å². The quantitative estimate of drug-likeness (QED) is 0.731. The average Bonchev–Trinajstić information content (AvgIpc) is 2.15. The van der Waals surface area contributed by atoms with Crippen molar-refractivity contribution in [2.75, 3.05) is 0 Å². The molecule has 0 saturated heterocycles. The Hall–Kier alpha value is -1.76. The lowest BCUT2D eigenvalue weighted by Crippen LogP contribution is -2.17. The van der Waals surface area contributed by atoms with E-state index in [-0.39, 0.29) is 5.75 Å². The Balaban J connectivity index is 3.28. The molecule has 15 heavy (non-hydrogen) atoms. The molecular weight excluding hydrogens is 213 g/mol. The third kappa shape index (κ3) is 2.38. The van der Waals surface area contributed by atoms with Crippen molar-refractivity contribution >= 4 is 5.91 Å². The third-order valence-corrected chi connectivity index (χ3v) is 1.70. The molecule has 4 N–H and O–H groups in total. The minimum atomic E-state index is -4.54. The largest absolute Gasteiger partial charge is 0.416 e. The van der Waals surface area contributed by atoms with E-state index >= 15 is 0 Å². The SMILES string of the molecule is NOc1ccc(C(F)(F)F)cc1C(N)=O. The Morgan fingerprint density at radius 1 is 1.33 bits per heavy atom. The van der Waals surface area contributed by atoms with Crippen LogP contribution in [0.25, 0.3) is 0 Å². The third-order valence-electron chi connectivity index (χ3n) is 1.70. The van der Waals surface area contributed by atoms with E-state index in [4.69, 9.17) is 11.6 Å². The number of nitrogens with two attached hydrogens (primary N) is 2. The number of primary amides is 1. The van der Waals surface area contributed by atoms with Gasteiger partial charge in [0.2, 0.25) is 0 Å². The summed E-state index contributed by atoms with van der Waals surface area (Å²) in [6.45, 7) is 0. The molecule has 0 aliphatic rings. The van der Waals surface area contributed by atoms with E-state index in [0.29, 0.717) is 6.07 Å². The average molecular weight is 220 g/mol. The monoisotopic (exact) mass is 220 g/mol. The smallest absolute Gasteiger partial charge is 0.411 e. The predicted octanol–water partition coefficient (Wildman–Crippen LogP) is 1.06. The minimum absolute atomic E-state index is 0.199. The molecule has 1 aromatic rings. The van der Waals surface area contributed by atoms with E-state index in [0.717, 1.165) is 12.1 Å². The topological polar surface area (TPSA) is 78.3 Å². The molecule has 1 rings (SSSR count). The maximum Gasteiger partial charge on any atom is 0.416 e. The summed E-state index contributed by atoms with van der Waals surface area (Å²) >= 11 is 0. The van der Waals surface area contributed by atoms with E-state index in [1.54, 1.807) is 0 Å². The van der Waals surface area contributed by atoms with Crippen LogP contribution in [0.15, 0.2) is 18.2 Å². The van der Waals surface area contributed by atoms with Crippen LogP contribution >= 0.6 is 0 Å². The number of benzene rings is 1. The molecule has 0 heterocycles. The molecule has 1 aromatic carbocycles. The number of hydrogen-bond donors (Lipinski definition) is 2. The molecule has 0 aromatic heterocycles. The number of amides is 1. The van der Waals surface area contributed by atoms with Crippen LogP contribution in [0.4, 0.5) is 13.2 Å². The zero-order valence-corrected chi connectivity index (χ0v) is 7.34. The van der Waals surface area contributed by atoms with Crippen LogP contribution in [0.2, 0.25) is 0 Å². The number of alkyl halides is 3. The Morgan fingerprint density at radius 2 is 1.93 bits per heavy atom. The van der Waals surface area contributed by atoms with Crippen LogP contribution in [0.1, 0.15) is 15.9 Å². The molecule has 0 fully saturated rings. The summed E-state index contributed by atoms with van der Waals surface area (Å²) < 4.78 is 36.7. The van der Waals surface area contributed by atoms with E-state index < -0.39 is 23.2 Å². The Bertz CT molecular complexity index is 390. The Labute approximate surface area is 82.6 Å². The first kappa shape index (κ1) is 11.3. The van der Waals surface area contributed by atoms with Crippen molar-refractivity contribution < 1.29 is 22.8 Å². The molecule has 0 atom stereocenters. The second-order valence-electron chi connectivity index (χ2n) is 2.69. The molecule has 7 heteroatoms. The lowest BCUT2D eigenvalue weighted by Gasteiger charge is -2.09. The summed E-state index contributed by atoms with van der Waals surface area (Å²) in [4.78, 5) is 15.0. The van der Waals surface area contributed by atoms with Crippen molar-refractivity contribution in [3.05, 3.63) is 29.3 Å². The van der Waals surface area contributed by atoms with E-state index in [1.807, 2.05) is 0 Å². The standard InChI is InChI=1S/C8H7F3N2O2/c9-8(10,11)4-1-2-6(15-13)5(3-4)7(12)14/h1-3H,13H2,(H2,12,14). The zero-order chi connectivity index (χ0) is 11.6. The van der Waals surface area contributed by atoms with Gasteiger partial charge in [-0.1, -0.05) is 0 Å². The normalized spacial score (nSPS) is 11.2. The van der Waals surface area contributed by atoms with E-state index in [9.17, 15) is 18.0 Å². The van der Waals surface area contributed by atoms with Crippen molar-refractivity contribution in [1.82, 2.24) is 0 Å². The molecule has 0 bridgehead atoms. The predicted molar refractivity (Wildman–Crippen MR) is 44.8 cm³/mol. The first-order valence-electron chi connectivity index (χ1n) is 3.74. The highest BCUT2D eigenvalue weighted by atomic mass is 19.4. The summed E-state index contributed by atoms with van der Waals surface area (Å²) in [7, 11) is 0. The maximum atomic E-state index is 12.2. The van der Waals surface area contributed by atoms with Crippen LogP contribution in [-0.2, 0) is 6.18 Å². The fraction of sp³-hybridized carbons (Fsp3) is 0.125. The van der Waals surface area contributed by atoms with Crippen LogP contribution in [0, 0.1) is 0 Å². The molecule has 0 aliphatic carbocycles. The van der Waals surface area contributed by atoms with Crippen LogP contribution in [0.5, 0.6) is 5.75 Å². The van der Waals surface area contributed by atoms with Crippen molar-refractivity contribution in [3.63, 3.8) is 0 Å². The number of halogens is 3. The molecule has 82 valence electrons. The fourth-order valence-corrected chi connectivity index (χ4v) is 1.00. The molecule has 0 unspecified atom stereocenters. The summed E-state index contributed by atoms with van der Waals surface area (Å²) in [6.07, 6.45) is -4.54. The van der Waals surface area contributed by atoms with Gasteiger partial charge in [-0.05, 0) is 18.2 Å². The fourth-order valence-electron chi connectivity index (χ4n) is 1.00. The van der Waals surface area contributed by atoms with Crippen LogP contribution in [-0.4, -0.2) is 5.91 Å². The molecule has 1 amide bonds. The van der Waals surface area contributed by atoms with Crippen molar-refractivity contribution in [2.45, 2.75) is 6.18 Å². The van der Waals surface area contributed by atoms with Gasteiger partial charge in [0.25, 0.3) is 5.91 Å². The Kier molecular flexibility index (Phi) is 2.85. The first-order valence-corrected chi connectivity index (χ1v) is 3.74. The lowest BCUT2D eigenvalue weighted by atomic mass is 10.1. The second-order valence-corrected chi connectivity index (χ2v) is 2.69. The van der Waals surface area contributed by atoms with E-state index in [1.165, 1.54) is 0 Å². The molecule has 0 radical (unpaired) electrons. The van der Waals surface area contributed by atoms with Gasteiger partial charge in [-0.3, -0.25) is 4.79 Å². The minimum Gasteiger partial charge on any atom is -0.411 e. The van der Waals surface area contributed by atoms with Gasteiger partial charge in [-0.15, -0.1) is 0 Å². The van der Waals surface area contributed by atoms with Crippen LogP contribution in [0.3, 0.4) is 0 Å². The van der Waals surface area contributed by atoms with Gasteiger partial charge in [0.05, 0.1) is 11.1 Å². The number of carbonyl (C=O) groups excluding carboxylic acids is 1. The number of hydrogen-bond acceptors (Lipinski definition) is 3. The second kappa shape index (κ2) is 3.77. The van der Waals surface area contributed by atoms with Crippen molar-refractivity contribution in [2.24, 2.45) is 11.6 Å². The van der Waals surface area contributed by atoms with Crippen molar-refractivity contribution in [3.8, 4) is 5.75 Å². The highest BCUT2D eigenvalue weighted by molar-refractivity contribution is 5.95. The van der Waals surface area contributed by atoms with Gasteiger partial charge < -0.3 is 10.6 Å². The zero-order valence-electron chi connectivity index (χ0n) is 7.34. The molecule has 0 aliphatic heterocycles. The van der Waals surface area contributed by atoms with Gasteiger partial charge in [0, 0.05) is 0 Å². The van der Waals surface area contributed by atoms with Gasteiger partial charge in [0.15, 0.2) is 5.75 Å². The summed E-state index contributed by atoms with van der Waals surface area (Å²) in [5.74, 6) is 3.52. The van der Waals surface area contributed by atoms with E-state index in [2.05, 4.69) is 4.84 Å². The van der Waals surface area contributed by atoms with Gasteiger partial charge in [-0.25, -0.2) is 0 Å². The summed E-state index contributed by atoms with van der Waals surface area (Å²) in [5.41, 5.74) is 3.46. The Morgan fingerprint density at radius 3 is 2.33 bits per heavy atom. The van der Waals surface area contributed by atoms with Gasteiger partial charge in [-0.2, -0.15) is 19.1 Å². The molecular formula is C8H7F3N2O2.